The zero-order valence-electron chi connectivity index (χ0n) is 10.5. The SMILES string of the molecule is CC1(F)C(N)=C1C=Nc1cc(C(C)(C)C)[nH]n1. The van der Waals surface area contributed by atoms with Crippen LogP contribution in [0.25, 0.3) is 0 Å². The monoisotopic (exact) mass is 236 g/mol. The Bertz CT molecular complexity index is 503. The van der Waals surface area contributed by atoms with Gasteiger partial charge in [0.15, 0.2) is 11.5 Å². The Labute approximate surface area is 99.8 Å². The second-order valence-electron chi connectivity index (χ2n) is 5.48. The summed E-state index contributed by atoms with van der Waals surface area (Å²) in [6.07, 6.45) is 1.44. The molecular formula is C12H17FN4. The number of H-pyrrole nitrogens is 1. The van der Waals surface area contributed by atoms with Crippen molar-refractivity contribution >= 4 is 12.0 Å². The molecule has 1 aromatic rings. The van der Waals surface area contributed by atoms with Crippen LogP contribution in [0.4, 0.5) is 10.2 Å². The van der Waals surface area contributed by atoms with Crippen molar-refractivity contribution in [3.63, 3.8) is 0 Å². The van der Waals surface area contributed by atoms with Gasteiger partial charge in [0.2, 0.25) is 0 Å². The molecule has 5 heteroatoms. The van der Waals surface area contributed by atoms with Crippen LogP contribution in [-0.2, 0) is 5.41 Å². The van der Waals surface area contributed by atoms with Gasteiger partial charge in [0.25, 0.3) is 0 Å². The lowest BCUT2D eigenvalue weighted by Crippen LogP contribution is -2.11. The quantitative estimate of drug-likeness (QED) is 0.774. The normalized spacial score (nSPS) is 24.8. The first kappa shape index (κ1) is 11.8. The van der Waals surface area contributed by atoms with Crippen LogP contribution < -0.4 is 5.73 Å². The third kappa shape index (κ3) is 2.09. The molecule has 0 saturated carbocycles. The molecule has 1 aromatic heterocycles. The van der Waals surface area contributed by atoms with Crippen molar-refractivity contribution in [1.29, 1.82) is 0 Å². The van der Waals surface area contributed by atoms with Gasteiger partial charge in [-0.05, 0) is 6.92 Å². The fraction of sp³-hybridized carbons (Fsp3) is 0.500. The first-order valence-corrected chi connectivity index (χ1v) is 5.52. The summed E-state index contributed by atoms with van der Waals surface area (Å²) in [6, 6.07) is 1.85. The van der Waals surface area contributed by atoms with Gasteiger partial charge in [0.1, 0.15) is 0 Å². The molecule has 0 aliphatic heterocycles. The van der Waals surface area contributed by atoms with Crippen LogP contribution in [0.15, 0.2) is 22.3 Å². The second kappa shape index (κ2) is 3.42. The predicted octanol–water partition coefficient (Wildman–Crippen LogP) is 2.36. The van der Waals surface area contributed by atoms with Crippen LogP contribution in [0.5, 0.6) is 0 Å². The highest BCUT2D eigenvalue weighted by atomic mass is 19.1. The third-order valence-electron chi connectivity index (χ3n) is 2.94. The molecule has 3 N–H and O–H groups in total. The standard InChI is InChI=1S/C12H17FN4/c1-11(2,3)8-5-9(17-16-8)15-6-7-10(14)12(7,4)13/h5-6H,14H2,1-4H3,(H,16,17). The second-order valence-corrected chi connectivity index (χ2v) is 5.48. The van der Waals surface area contributed by atoms with E-state index in [9.17, 15) is 4.39 Å². The lowest BCUT2D eigenvalue weighted by molar-refractivity contribution is 0.358. The van der Waals surface area contributed by atoms with Crippen LogP contribution in [0.2, 0.25) is 0 Å². The van der Waals surface area contributed by atoms with Crippen LogP contribution in [0.3, 0.4) is 0 Å². The molecule has 1 atom stereocenters. The fourth-order valence-electron chi connectivity index (χ4n) is 1.48. The number of hydrogen-bond donors (Lipinski definition) is 2. The van der Waals surface area contributed by atoms with E-state index in [1.807, 2.05) is 6.07 Å². The average Bonchev–Trinajstić information content (AvgIpc) is 2.63. The summed E-state index contributed by atoms with van der Waals surface area (Å²) in [5.41, 5.74) is 5.67. The summed E-state index contributed by atoms with van der Waals surface area (Å²) in [5.74, 6) is 0.540. The minimum Gasteiger partial charge on any atom is -0.399 e. The van der Waals surface area contributed by atoms with Gasteiger partial charge in [-0.1, -0.05) is 20.8 Å². The van der Waals surface area contributed by atoms with E-state index >= 15 is 0 Å². The van der Waals surface area contributed by atoms with Crippen LogP contribution in [0, 0.1) is 0 Å². The third-order valence-corrected chi connectivity index (χ3v) is 2.94. The van der Waals surface area contributed by atoms with E-state index in [1.165, 1.54) is 13.1 Å². The molecule has 1 heterocycles. The molecule has 92 valence electrons. The van der Waals surface area contributed by atoms with E-state index in [2.05, 4.69) is 36.0 Å². The number of aromatic nitrogens is 2. The van der Waals surface area contributed by atoms with Crippen LogP contribution >= 0.6 is 0 Å². The highest BCUT2D eigenvalue weighted by Gasteiger charge is 2.47. The average molecular weight is 236 g/mol. The molecule has 0 amide bonds. The summed E-state index contributed by atoms with van der Waals surface area (Å²) in [4.78, 5) is 4.10. The number of nitrogens with two attached hydrogens (primary N) is 1. The number of rotatable bonds is 2. The first-order valence-electron chi connectivity index (χ1n) is 5.52. The summed E-state index contributed by atoms with van der Waals surface area (Å²) < 4.78 is 13.4. The molecule has 0 saturated heterocycles. The Balaban J connectivity index is 2.11. The number of alkyl halides is 1. The number of halogens is 1. The first-order chi connectivity index (χ1) is 7.73. The molecule has 0 bridgehead atoms. The maximum atomic E-state index is 13.4. The van der Waals surface area contributed by atoms with Gasteiger partial charge in [-0.2, -0.15) is 5.10 Å². The minimum atomic E-state index is -1.48. The van der Waals surface area contributed by atoms with Crippen molar-refractivity contribution in [3.05, 3.63) is 23.0 Å². The molecule has 0 aromatic carbocycles. The van der Waals surface area contributed by atoms with Crippen molar-refractivity contribution in [2.75, 3.05) is 0 Å². The van der Waals surface area contributed by atoms with Crippen molar-refractivity contribution in [2.24, 2.45) is 10.7 Å². The van der Waals surface area contributed by atoms with Gasteiger partial charge >= 0.3 is 0 Å². The van der Waals surface area contributed by atoms with Crippen molar-refractivity contribution in [1.82, 2.24) is 10.2 Å². The van der Waals surface area contributed by atoms with Gasteiger partial charge in [0.05, 0.1) is 5.70 Å². The van der Waals surface area contributed by atoms with Crippen molar-refractivity contribution in [2.45, 2.75) is 38.8 Å². The van der Waals surface area contributed by atoms with Crippen LogP contribution in [-0.4, -0.2) is 22.1 Å². The number of aromatic amines is 1. The Hall–Kier alpha value is -1.65. The number of hydrogen-bond acceptors (Lipinski definition) is 3. The van der Waals surface area contributed by atoms with E-state index in [0.29, 0.717) is 11.4 Å². The van der Waals surface area contributed by atoms with Crippen molar-refractivity contribution in [3.8, 4) is 0 Å². The largest absolute Gasteiger partial charge is 0.399 e. The summed E-state index contributed by atoms with van der Waals surface area (Å²) in [6.45, 7) is 7.66. The summed E-state index contributed by atoms with van der Waals surface area (Å²) in [5, 5.41) is 6.96. The lowest BCUT2D eigenvalue weighted by atomic mass is 9.92. The number of aliphatic imine (C=N–C) groups is 1. The van der Waals surface area contributed by atoms with E-state index in [0.717, 1.165) is 5.69 Å². The zero-order chi connectivity index (χ0) is 12.8. The Morgan fingerprint density at radius 3 is 2.53 bits per heavy atom. The van der Waals surface area contributed by atoms with Gasteiger partial charge in [0, 0.05) is 29.0 Å². The van der Waals surface area contributed by atoms with Gasteiger partial charge in [-0.3, -0.25) is 5.10 Å². The predicted molar refractivity (Wildman–Crippen MR) is 66.2 cm³/mol. The Morgan fingerprint density at radius 1 is 1.53 bits per heavy atom. The molecule has 0 radical (unpaired) electrons. The number of nitrogens with one attached hydrogen (secondary N) is 1. The fourth-order valence-corrected chi connectivity index (χ4v) is 1.48. The van der Waals surface area contributed by atoms with E-state index in [-0.39, 0.29) is 11.1 Å². The Kier molecular flexibility index (Phi) is 2.38. The highest BCUT2D eigenvalue weighted by Crippen LogP contribution is 2.42. The van der Waals surface area contributed by atoms with Crippen LogP contribution in [0.1, 0.15) is 33.4 Å². The molecule has 1 unspecified atom stereocenters. The van der Waals surface area contributed by atoms with Gasteiger partial charge in [-0.25, -0.2) is 9.38 Å². The molecule has 17 heavy (non-hydrogen) atoms. The highest BCUT2D eigenvalue weighted by molar-refractivity contribution is 5.92. The molecule has 0 fully saturated rings. The molecule has 0 spiro atoms. The zero-order valence-corrected chi connectivity index (χ0v) is 10.5. The molecule has 1 aliphatic rings. The number of nitrogens with zero attached hydrogens (tertiary/aromatic N) is 2. The lowest BCUT2D eigenvalue weighted by Gasteiger charge is -2.14. The minimum absolute atomic E-state index is 0.00670. The topological polar surface area (TPSA) is 67.1 Å². The smallest absolute Gasteiger partial charge is 0.176 e. The van der Waals surface area contributed by atoms with Gasteiger partial charge in [-0.15, -0.1) is 0 Å². The summed E-state index contributed by atoms with van der Waals surface area (Å²) in [7, 11) is 0. The Morgan fingerprint density at radius 2 is 2.12 bits per heavy atom. The molecule has 1 aliphatic carbocycles. The number of allylic oxidation sites excluding steroid dienone is 2. The summed E-state index contributed by atoms with van der Waals surface area (Å²) >= 11 is 0. The van der Waals surface area contributed by atoms with E-state index < -0.39 is 5.67 Å². The van der Waals surface area contributed by atoms with E-state index in [4.69, 9.17) is 5.73 Å². The molecule has 4 nitrogen and oxygen atoms in total. The molecule has 2 rings (SSSR count). The maximum absolute atomic E-state index is 13.4. The maximum Gasteiger partial charge on any atom is 0.176 e. The van der Waals surface area contributed by atoms with Gasteiger partial charge < -0.3 is 5.73 Å². The van der Waals surface area contributed by atoms with E-state index in [1.54, 1.807) is 0 Å². The van der Waals surface area contributed by atoms with Crippen molar-refractivity contribution < 1.29 is 4.39 Å². The molecular weight excluding hydrogens is 219 g/mol.